The van der Waals surface area contributed by atoms with Crippen LogP contribution >= 0.6 is 0 Å². The summed E-state index contributed by atoms with van der Waals surface area (Å²) in [5.41, 5.74) is 4.19. The van der Waals surface area contributed by atoms with E-state index in [-0.39, 0.29) is 13.0 Å². The molecule has 0 aliphatic carbocycles. The molecule has 0 spiro atoms. The lowest BCUT2D eigenvalue weighted by Gasteiger charge is -2.25. The van der Waals surface area contributed by atoms with E-state index in [0.29, 0.717) is 6.42 Å². The van der Waals surface area contributed by atoms with Crippen LogP contribution in [0.15, 0.2) is 0 Å². The van der Waals surface area contributed by atoms with Crippen LogP contribution in [0.4, 0.5) is 0 Å². The number of nitrogens with one attached hydrogen (secondary N) is 1. The Hall–Kier alpha value is -0.635. The van der Waals surface area contributed by atoms with Gasteiger partial charge in [-0.1, -0.05) is 19.2 Å². The molecule has 106 valence electrons. The average Bonchev–Trinajstić information content (AvgIpc) is 2.26. The zero-order valence-electron chi connectivity index (χ0n) is 11.1. The van der Waals surface area contributed by atoms with Crippen molar-refractivity contribution in [2.45, 2.75) is 31.1 Å². The minimum Gasteiger partial charge on any atom is -0.480 e. The lowest BCUT2D eigenvalue weighted by molar-refractivity contribution is -0.143. The van der Waals surface area contributed by atoms with Gasteiger partial charge in [0.05, 0.1) is 0 Å². The number of hydrogen-bond donors (Lipinski definition) is 3. The number of carboxylic acids is 1. The molecule has 0 bridgehead atoms. The third-order valence-electron chi connectivity index (χ3n) is 2.70. The molecule has 0 aromatic rings. The first kappa shape index (κ1) is 17.4. The molecule has 0 aliphatic rings. The van der Waals surface area contributed by atoms with Gasteiger partial charge < -0.3 is 10.8 Å². The summed E-state index contributed by atoms with van der Waals surface area (Å²) in [5.74, 6) is -1.19. The standard InChI is InChI=1S/C9H22BN3O4S/c1-13(2)18(16,17)12-7-9(11,8(14)15)5-3-4-6-10/h12H,3-7,10-11H2,1-2H3,(H,14,15). The lowest BCUT2D eigenvalue weighted by atomic mass is 9.91. The van der Waals surface area contributed by atoms with Crippen molar-refractivity contribution >= 4 is 24.0 Å². The molecule has 7 nitrogen and oxygen atoms in total. The minimum absolute atomic E-state index is 0.242. The molecule has 0 saturated carbocycles. The molecule has 0 fully saturated rings. The zero-order chi connectivity index (χ0) is 14.4. The number of unbranched alkanes of at least 4 members (excludes halogenated alkanes) is 1. The first-order valence-corrected chi connectivity index (χ1v) is 7.29. The van der Waals surface area contributed by atoms with E-state index < -0.39 is 21.7 Å². The van der Waals surface area contributed by atoms with Crippen molar-refractivity contribution in [3.63, 3.8) is 0 Å². The monoisotopic (exact) mass is 279 g/mol. The quantitative estimate of drug-likeness (QED) is 0.347. The second-order valence-electron chi connectivity index (χ2n) is 4.53. The molecule has 0 saturated heterocycles. The van der Waals surface area contributed by atoms with Gasteiger partial charge in [-0.05, 0) is 6.42 Å². The van der Waals surface area contributed by atoms with E-state index in [2.05, 4.69) is 4.72 Å². The van der Waals surface area contributed by atoms with Gasteiger partial charge in [0.25, 0.3) is 10.2 Å². The fourth-order valence-corrected chi connectivity index (χ4v) is 2.01. The van der Waals surface area contributed by atoms with Gasteiger partial charge in [-0.2, -0.15) is 17.4 Å². The average molecular weight is 279 g/mol. The van der Waals surface area contributed by atoms with Crippen LogP contribution in [-0.2, 0) is 15.0 Å². The minimum atomic E-state index is -3.66. The number of nitrogens with two attached hydrogens (primary N) is 1. The van der Waals surface area contributed by atoms with Crippen LogP contribution in [0, 0.1) is 0 Å². The molecule has 0 aromatic heterocycles. The number of aliphatic carboxylic acids is 1. The fraction of sp³-hybridized carbons (Fsp3) is 0.889. The zero-order valence-corrected chi connectivity index (χ0v) is 12.0. The summed E-state index contributed by atoms with van der Waals surface area (Å²) >= 11 is 0. The Bertz CT molecular complexity index is 374. The molecule has 0 aromatic carbocycles. The summed E-state index contributed by atoms with van der Waals surface area (Å²) < 4.78 is 26.2. The maximum atomic E-state index is 11.5. The number of hydrogen-bond acceptors (Lipinski definition) is 4. The highest BCUT2D eigenvalue weighted by Crippen LogP contribution is 2.12. The number of nitrogens with zero attached hydrogens (tertiary/aromatic N) is 1. The largest absolute Gasteiger partial charge is 0.480 e. The first-order valence-electron chi connectivity index (χ1n) is 5.85. The molecule has 0 heterocycles. The van der Waals surface area contributed by atoms with Gasteiger partial charge in [-0.15, -0.1) is 0 Å². The Balaban J connectivity index is 4.59. The molecular weight excluding hydrogens is 257 g/mol. The Morgan fingerprint density at radius 1 is 1.44 bits per heavy atom. The second-order valence-corrected chi connectivity index (χ2v) is 6.50. The topological polar surface area (TPSA) is 113 Å². The van der Waals surface area contributed by atoms with Crippen molar-refractivity contribution in [1.29, 1.82) is 0 Å². The third kappa shape index (κ3) is 5.34. The Morgan fingerprint density at radius 3 is 2.39 bits per heavy atom. The molecule has 4 N–H and O–H groups in total. The normalized spacial score (nSPS) is 15.6. The van der Waals surface area contributed by atoms with E-state index >= 15 is 0 Å². The molecule has 1 atom stereocenters. The van der Waals surface area contributed by atoms with Gasteiger partial charge in [0.2, 0.25) is 0 Å². The second kappa shape index (κ2) is 7.08. The molecule has 0 amide bonds. The van der Waals surface area contributed by atoms with Crippen molar-refractivity contribution in [3.05, 3.63) is 0 Å². The van der Waals surface area contributed by atoms with Gasteiger partial charge in [-0.3, -0.25) is 4.79 Å². The maximum Gasteiger partial charge on any atom is 0.325 e. The van der Waals surface area contributed by atoms with Crippen LogP contribution in [0.25, 0.3) is 0 Å². The van der Waals surface area contributed by atoms with E-state index in [1.807, 2.05) is 7.85 Å². The summed E-state index contributed by atoms with van der Waals surface area (Å²) in [5, 5.41) is 9.09. The van der Waals surface area contributed by atoms with Gasteiger partial charge in [-0.25, -0.2) is 0 Å². The Morgan fingerprint density at radius 2 is 2.00 bits per heavy atom. The third-order valence-corrected chi connectivity index (χ3v) is 4.17. The smallest absolute Gasteiger partial charge is 0.325 e. The van der Waals surface area contributed by atoms with E-state index in [0.717, 1.165) is 17.0 Å². The van der Waals surface area contributed by atoms with Crippen molar-refractivity contribution in [2.75, 3.05) is 20.6 Å². The van der Waals surface area contributed by atoms with Crippen LogP contribution in [0.3, 0.4) is 0 Å². The highest BCUT2D eigenvalue weighted by atomic mass is 32.2. The summed E-state index contributed by atoms with van der Waals surface area (Å²) in [6.07, 6.45) is 2.71. The lowest BCUT2D eigenvalue weighted by Crippen LogP contribution is -2.57. The predicted molar refractivity (Wildman–Crippen MR) is 72.4 cm³/mol. The van der Waals surface area contributed by atoms with Gasteiger partial charge in [0, 0.05) is 20.6 Å². The summed E-state index contributed by atoms with van der Waals surface area (Å²) in [4.78, 5) is 11.1. The van der Waals surface area contributed by atoms with Crippen LogP contribution in [0.2, 0.25) is 6.32 Å². The molecule has 0 rings (SSSR count). The number of carboxylic acid groups (broad SMARTS) is 1. The Kier molecular flexibility index (Phi) is 6.83. The number of carbonyl (C=O) groups is 1. The SMILES string of the molecule is BCCCCC(N)(CNS(=O)(=O)N(C)C)C(=O)O. The van der Waals surface area contributed by atoms with Crippen LogP contribution in [0.5, 0.6) is 0 Å². The molecular formula is C9H22BN3O4S. The molecule has 0 radical (unpaired) electrons. The van der Waals surface area contributed by atoms with Gasteiger partial charge in [0.1, 0.15) is 13.4 Å². The fourth-order valence-electron chi connectivity index (χ4n) is 1.31. The van der Waals surface area contributed by atoms with Crippen molar-refractivity contribution in [2.24, 2.45) is 5.73 Å². The van der Waals surface area contributed by atoms with E-state index in [1.54, 1.807) is 0 Å². The molecule has 0 aliphatic heterocycles. The number of rotatable bonds is 9. The summed E-state index contributed by atoms with van der Waals surface area (Å²) in [7, 11) is 1.06. The Labute approximate surface area is 109 Å². The van der Waals surface area contributed by atoms with Crippen LogP contribution < -0.4 is 10.5 Å². The maximum absolute atomic E-state index is 11.5. The van der Waals surface area contributed by atoms with Gasteiger partial charge >= 0.3 is 5.97 Å². The molecule has 18 heavy (non-hydrogen) atoms. The molecule has 9 heteroatoms. The highest BCUT2D eigenvalue weighted by molar-refractivity contribution is 7.87. The van der Waals surface area contributed by atoms with Crippen molar-refractivity contribution in [3.8, 4) is 0 Å². The van der Waals surface area contributed by atoms with E-state index in [4.69, 9.17) is 10.8 Å². The molecule has 1 unspecified atom stereocenters. The van der Waals surface area contributed by atoms with E-state index in [9.17, 15) is 13.2 Å². The van der Waals surface area contributed by atoms with Crippen LogP contribution in [-0.4, -0.2) is 57.8 Å². The van der Waals surface area contributed by atoms with Crippen molar-refractivity contribution in [1.82, 2.24) is 9.03 Å². The predicted octanol–water partition coefficient (Wildman–Crippen LogP) is -1.61. The summed E-state index contributed by atoms with van der Waals surface area (Å²) in [6.45, 7) is -0.313. The van der Waals surface area contributed by atoms with Crippen LogP contribution in [0.1, 0.15) is 19.3 Å². The van der Waals surface area contributed by atoms with Crippen molar-refractivity contribution < 1.29 is 18.3 Å². The summed E-state index contributed by atoms with van der Waals surface area (Å²) in [6, 6.07) is 0. The highest BCUT2D eigenvalue weighted by Gasteiger charge is 2.34. The van der Waals surface area contributed by atoms with E-state index in [1.165, 1.54) is 14.1 Å². The first-order chi connectivity index (χ1) is 8.15. The van der Waals surface area contributed by atoms with Gasteiger partial charge in [0.15, 0.2) is 0 Å².